The van der Waals surface area contributed by atoms with Crippen LogP contribution in [0.1, 0.15) is 5.56 Å². The third-order valence-corrected chi connectivity index (χ3v) is 6.25. The Morgan fingerprint density at radius 2 is 2.21 bits per heavy atom. The average molecular weight is 340 g/mol. The van der Waals surface area contributed by atoms with E-state index in [0.717, 1.165) is 17.0 Å². The van der Waals surface area contributed by atoms with Gasteiger partial charge < -0.3 is 4.90 Å². The lowest BCUT2D eigenvalue weighted by atomic mass is 10.2. The summed E-state index contributed by atoms with van der Waals surface area (Å²) in [5, 5.41) is 0.0843. The van der Waals surface area contributed by atoms with Gasteiger partial charge in [-0.2, -0.15) is 11.8 Å². The zero-order valence-corrected chi connectivity index (χ0v) is 13.6. The van der Waals surface area contributed by atoms with Crippen molar-refractivity contribution in [1.82, 2.24) is 0 Å². The molecule has 1 aliphatic rings. The van der Waals surface area contributed by atoms with Gasteiger partial charge in [0.1, 0.15) is 5.37 Å². The van der Waals surface area contributed by atoms with E-state index >= 15 is 0 Å². The van der Waals surface area contributed by atoms with Gasteiger partial charge in [-0.3, -0.25) is 0 Å². The van der Waals surface area contributed by atoms with Crippen molar-refractivity contribution in [3.05, 3.63) is 28.8 Å². The van der Waals surface area contributed by atoms with Gasteiger partial charge in [-0.15, -0.1) is 11.6 Å². The van der Waals surface area contributed by atoms with Crippen LogP contribution in [-0.4, -0.2) is 38.1 Å². The fourth-order valence-corrected chi connectivity index (χ4v) is 5.35. The van der Waals surface area contributed by atoms with Crippen LogP contribution in [0.3, 0.4) is 0 Å². The molecular weight excluding hydrogens is 325 g/mol. The Balaban J connectivity index is 2.45. The lowest BCUT2D eigenvalue weighted by Gasteiger charge is -2.37. The van der Waals surface area contributed by atoms with E-state index in [2.05, 4.69) is 0 Å². The van der Waals surface area contributed by atoms with E-state index in [1.54, 1.807) is 23.9 Å². The van der Waals surface area contributed by atoms with Crippen LogP contribution < -0.4 is 4.90 Å². The van der Waals surface area contributed by atoms with E-state index in [1.165, 1.54) is 6.26 Å². The van der Waals surface area contributed by atoms with Gasteiger partial charge in [-0.05, 0) is 17.7 Å². The van der Waals surface area contributed by atoms with Crippen molar-refractivity contribution >= 4 is 50.5 Å². The van der Waals surface area contributed by atoms with Crippen LogP contribution >= 0.6 is 35.0 Å². The number of anilines is 1. The summed E-state index contributed by atoms with van der Waals surface area (Å²) in [7, 11) is -3.14. The molecule has 0 aromatic heterocycles. The molecule has 1 aromatic carbocycles. The first-order valence-electron chi connectivity index (χ1n) is 5.81. The molecule has 3 nitrogen and oxygen atoms in total. The van der Waals surface area contributed by atoms with Gasteiger partial charge >= 0.3 is 0 Å². The summed E-state index contributed by atoms with van der Waals surface area (Å²) in [6.45, 7) is 0.687. The molecule has 0 bridgehead atoms. The number of hydrogen-bond donors (Lipinski definition) is 0. The Hall–Kier alpha value is -0.100. The molecule has 0 aliphatic carbocycles. The van der Waals surface area contributed by atoms with Gasteiger partial charge in [-0.25, -0.2) is 8.42 Å². The van der Waals surface area contributed by atoms with E-state index in [0.29, 0.717) is 23.2 Å². The summed E-state index contributed by atoms with van der Waals surface area (Å²) in [5.74, 6) is 1.82. The van der Waals surface area contributed by atoms with E-state index in [9.17, 15) is 8.42 Å². The monoisotopic (exact) mass is 339 g/mol. The van der Waals surface area contributed by atoms with Crippen LogP contribution in [0.15, 0.2) is 18.2 Å². The third-order valence-electron chi connectivity index (χ3n) is 3.08. The molecule has 1 saturated heterocycles. The molecule has 0 amide bonds. The largest absolute Gasteiger partial charge is 0.353 e. The van der Waals surface area contributed by atoms with Crippen molar-refractivity contribution in [2.45, 2.75) is 11.3 Å². The van der Waals surface area contributed by atoms with Crippen molar-refractivity contribution in [1.29, 1.82) is 0 Å². The summed E-state index contributed by atoms with van der Waals surface area (Å²) in [4.78, 5) is 1.91. The molecule has 1 heterocycles. The lowest BCUT2D eigenvalue weighted by molar-refractivity contribution is 0.584. The molecule has 1 aromatic rings. The first-order valence-corrected chi connectivity index (χ1v) is 9.83. The lowest BCUT2D eigenvalue weighted by Crippen LogP contribution is -2.47. The maximum absolute atomic E-state index is 11.9. The van der Waals surface area contributed by atoms with Gasteiger partial charge in [0, 0.05) is 40.9 Å². The Morgan fingerprint density at radius 1 is 1.47 bits per heavy atom. The van der Waals surface area contributed by atoms with Crippen molar-refractivity contribution < 1.29 is 8.42 Å². The molecule has 1 atom stereocenters. The Morgan fingerprint density at radius 3 is 2.84 bits per heavy atom. The zero-order chi connectivity index (χ0) is 14.0. The molecule has 0 N–H and O–H groups in total. The standard InChI is InChI=1S/C12H15Cl2NO2S2/c1-19(16,17)12-8-18-5-4-15(12)11-6-10(14)3-2-9(11)7-13/h2-3,6,12H,4-5,7-8H2,1H3. The molecule has 19 heavy (non-hydrogen) atoms. The Bertz CT molecular complexity index is 563. The number of halogens is 2. The van der Waals surface area contributed by atoms with Crippen LogP contribution in [0.2, 0.25) is 5.02 Å². The van der Waals surface area contributed by atoms with Crippen LogP contribution in [0.25, 0.3) is 0 Å². The quantitative estimate of drug-likeness (QED) is 0.793. The summed E-state index contributed by atoms with van der Waals surface area (Å²) >= 11 is 13.6. The highest BCUT2D eigenvalue weighted by Crippen LogP contribution is 2.32. The van der Waals surface area contributed by atoms with Gasteiger partial charge in [0.15, 0.2) is 9.84 Å². The minimum atomic E-state index is -3.14. The number of rotatable bonds is 3. The summed E-state index contributed by atoms with van der Waals surface area (Å²) in [6, 6.07) is 5.43. The van der Waals surface area contributed by atoms with Crippen molar-refractivity contribution in [3.8, 4) is 0 Å². The van der Waals surface area contributed by atoms with Crippen molar-refractivity contribution in [3.63, 3.8) is 0 Å². The molecule has 1 fully saturated rings. The van der Waals surface area contributed by atoms with Crippen LogP contribution in [-0.2, 0) is 15.7 Å². The fourth-order valence-electron chi connectivity index (χ4n) is 2.13. The topological polar surface area (TPSA) is 37.4 Å². The van der Waals surface area contributed by atoms with E-state index in [1.807, 2.05) is 11.0 Å². The number of sulfone groups is 1. The maximum atomic E-state index is 11.9. The van der Waals surface area contributed by atoms with Crippen molar-refractivity contribution in [2.75, 3.05) is 29.2 Å². The van der Waals surface area contributed by atoms with E-state index in [-0.39, 0.29) is 0 Å². The number of alkyl halides is 1. The second-order valence-corrected chi connectivity index (χ2v) is 8.52. The molecule has 0 saturated carbocycles. The number of nitrogens with zero attached hydrogens (tertiary/aromatic N) is 1. The first-order chi connectivity index (χ1) is 8.93. The highest BCUT2D eigenvalue weighted by Gasteiger charge is 2.32. The second kappa shape index (κ2) is 6.12. The summed E-state index contributed by atoms with van der Waals surface area (Å²) in [5.41, 5.74) is 1.74. The van der Waals surface area contributed by atoms with Gasteiger partial charge in [0.05, 0.1) is 0 Å². The normalized spacial score (nSPS) is 20.6. The van der Waals surface area contributed by atoms with Crippen LogP contribution in [0, 0.1) is 0 Å². The van der Waals surface area contributed by atoms with E-state index in [4.69, 9.17) is 23.2 Å². The van der Waals surface area contributed by atoms with Crippen molar-refractivity contribution in [2.24, 2.45) is 0 Å². The SMILES string of the molecule is CS(=O)(=O)C1CSCCN1c1cc(Cl)ccc1CCl. The molecule has 1 aliphatic heterocycles. The zero-order valence-electron chi connectivity index (χ0n) is 10.5. The summed E-state index contributed by atoms with van der Waals surface area (Å²) < 4.78 is 23.9. The highest BCUT2D eigenvalue weighted by atomic mass is 35.5. The molecular formula is C12H15Cl2NO2S2. The molecule has 1 unspecified atom stereocenters. The smallest absolute Gasteiger partial charge is 0.169 e. The minimum Gasteiger partial charge on any atom is -0.353 e. The van der Waals surface area contributed by atoms with Gasteiger partial charge in [0.25, 0.3) is 0 Å². The first kappa shape index (κ1) is 15.3. The van der Waals surface area contributed by atoms with Crippen LogP contribution in [0.5, 0.6) is 0 Å². The average Bonchev–Trinajstić information content (AvgIpc) is 2.37. The predicted octanol–water partition coefficient (Wildman–Crippen LogP) is 3.00. The fraction of sp³-hybridized carbons (Fsp3) is 0.500. The number of hydrogen-bond acceptors (Lipinski definition) is 4. The number of benzene rings is 1. The van der Waals surface area contributed by atoms with Crippen LogP contribution in [0.4, 0.5) is 5.69 Å². The molecule has 0 radical (unpaired) electrons. The molecule has 2 rings (SSSR count). The minimum absolute atomic E-state index is 0.340. The molecule has 7 heteroatoms. The molecule has 106 valence electrons. The predicted molar refractivity (Wildman–Crippen MR) is 84.3 cm³/mol. The molecule has 0 spiro atoms. The number of thioether (sulfide) groups is 1. The Kier molecular flexibility index (Phi) is 4.93. The van der Waals surface area contributed by atoms with Gasteiger partial charge in [-0.1, -0.05) is 17.7 Å². The Labute approximate surface area is 128 Å². The summed E-state index contributed by atoms with van der Waals surface area (Å²) in [6.07, 6.45) is 1.28. The highest BCUT2D eigenvalue weighted by molar-refractivity contribution is 8.01. The second-order valence-electron chi connectivity index (χ2n) is 4.46. The maximum Gasteiger partial charge on any atom is 0.169 e. The third kappa shape index (κ3) is 3.51. The van der Waals surface area contributed by atoms with Gasteiger partial charge in [0.2, 0.25) is 0 Å². The van der Waals surface area contributed by atoms with E-state index < -0.39 is 15.2 Å².